The zero-order chi connectivity index (χ0) is 23.5. The third-order valence-corrected chi connectivity index (χ3v) is 7.20. The molecule has 0 aliphatic rings. The number of hydrogen-bond donors (Lipinski definition) is 2. The van der Waals surface area contributed by atoms with Crippen LogP contribution in [0.3, 0.4) is 0 Å². The first-order valence-corrected chi connectivity index (χ1v) is 12.1. The van der Waals surface area contributed by atoms with Crippen LogP contribution in [0, 0.1) is 5.82 Å². The number of thioether (sulfide) groups is 1. The Morgan fingerprint density at radius 1 is 1.24 bits per heavy atom. The number of carbonyl (C=O) groups is 1. The SMILES string of the molecule is CC(Sc1nnc(Cc2ccccc2F)n1N)C(=O)Nc1nc(-c2ccc(Cl)c(Cl)c2)cs1. The average Bonchev–Trinajstić information content (AvgIpc) is 3.39. The van der Waals surface area contributed by atoms with Crippen LogP contribution in [0.5, 0.6) is 0 Å². The summed E-state index contributed by atoms with van der Waals surface area (Å²) in [5, 5.41) is 13.8. The highest BCUT2D eigenvalue weighted by molar-refractivity contribution is 8.00. The first-order chi connectivity index (χ1) is 15.8. The summed E-state index contributed by atoms with van der Waals surface area (Å²) >= 11 is 14.5. The fourth-order valence-electron chi connectivity index (χ4n) is 2.86. The van der Waals surface area contributed by atoms with Gasteiger partial charge in [-0.3, -0.25) is 4.79 Å². The van der Waals surface area contributed by atoms with Gasteiger partial charge in [0.2, 0.25) is 11.1 Å². The maximum Gasteiger partial charge on any atom is 0.239 e. The molecule has 4 rings (SSSR count). The number of nitrogens with zero attached hydrogens (tertiary/aromatic N) is 4. The monoisotopic (exact) mass is 522 g/mol. The van der Waals surface area contributed by atoms with Gasteiger partial charge in [-0.25, -0.2) is 14.1 Å². The molecule has 0 radical (unpaired) electrons. The number of thiazole rings is 1. The van der Waals surface area contributed by atoms with Gasteiger partial charge in [0.15, 0.2) is 11.0 Å². The van der Waals surface area contributed by atoms with E-state index in [0.29, 0.717) is 37.4 Å². The van der Waals surface area contributed by atoms with E-state index >= 15 is 0 Å². The Bertz CT molecular complexity index is 1310. The van der Waals surface area contributed by atoms with E-state index in [-0.39, 0.29) is 18.1 Å². The van der Waals surface area contributed by atoms with Crippen molar-refractivity contribution >= 4 is 57.3 Å². The third kappa shape index (κ3) is 5.47. The van der Waals surface area contributed by atoms with Gasteiger partial charge < -0.3 is 11.2 Å². The van der Waals surface area contributed by atoms with Gasteiger partial charge in [0.05, 0.1) is 21.0 Å². The predicted octanol–water partition coefficient (Wildman–Crippen LogP) is 5.27. The van der Waals surface area contributed by atoms with Gasteiger partial charge in [-0.2, -0.15) is 0 Å². The van der Waals surface area contributed by atoms with Crippen molar-refractivity contribution in [1.29, 1.82) is 0 Å². The second kappa shape index (κ2) is 10.1. The van der Waals surface area contributed by atoms with Gasteiger partial charge in [0, 0.05) is 17.4 Å². The predicted molar refractivity (Wildman–Crippen MR) is 131 cm³/mol. The fraction of sp³-hybridized carbons (Fsp3) is 0.143. The molecule has 3 N–H and O–H groups in total. The lowest BCUT2D eigenvalue weighted by molar-refractivity contribution is -0.115. The molecule has 0 aliphatic carbocycles. The Morgan fingerprint density at radius 2 is 2.03 bits per heavy atom. The highest BCUT2D eigenvalue weighted by atomic mass is 35.5. The van der Waals surface area contributed by atoms with Gasteiger partial charge in [0.1, 0.15) is 5.82 Å². The molecular weight excluding hydrogens is 506 g/mol. The van der Waals surface area contributed by atoms with Gasteiger partial charge in [-0.05, 0) is 30.7 Å². The van der Waals surface area contributed by atoms with Gasteiger partial charge in [-0.15, -0.1) is 21.5 Å². The number of benzene rings is 2. The number of anilines is 1. The van der Waals surface area contributed by atoms with Crippen LogP contribution < -0.4 is 11.2 Å². The summed E-state index contributed by atoms with van der Waals surface area (Å²) in [5.41, 5.74) is 1.93. The standard InChI is InChI=1S/C21H17Cl2FN6OS2/c1-11(33-21-29-28-18(30(21)25)9-12-4-2-3-5-16(12)24)19(31)27-20-26-17(10-32-20)13-6-7-14(22)15(23)8-13/h2-8,10-11H,9,25H2,1H3,(H,26,27,31). The van der Waals surface area contributed by atoms with Crippen LogP contribution in [0.1, 0.15) is 18.3 Å². The van der Waals surface area contributed by atoms with Crippen molar-refractivity contribution in [3.63, 3.8) is 0 Å². The van der Waals surface area contributed by atoms with Crippen LogP contribution >= 0.6 is 46.3 Å². The maximum atomic E-state index is 13.9. The highest BCUT2D eigenvalue weighted by Gasteiger charge is 2.21. The summed E-state index contributed by atoms with van der Waals surface area (Å²) in [7, 11) is 0. The van der Waals surface area contributed by atoms with Crippen LogP contribution in [0.2, 0.25) is 10.0 Å². The second-order valence-corrected chi connectivity index (χ2v) is 9.93. The van der Waals surface area contributed by atoms with Crippen molar-refractivity contribution in [3.8, 4) is 11.3 Å². The van der Waals surface area contributed by atoms with Crippen molar-refractivity contribution in [2.45, 2.75) is 23.8 Å². The topological polar surface area (TPSA) is 98.7 Å². The van der Waals surface area contributed by atoms with Gasteiger partial charge in [0.25, 0.3) is 0 Å². The van der Waals surface area contributed by atoms with Crippen LogP contribution in [0.25, 0.3) is 11.3 Å². The zero-order valence-electron chi connectivity index (χ0n) is 17.1. The maximum absolute atomic E-state index is 13.9. The molecule has 0 fully saturated rings. The molecule has 170 valence electrons. The van der Waals surface area contributed by atoms with Crippen molar-refractivity contribution in [2.24, 2.45) is 0 Å². The third-order valence-electron chi connectivity index (χ3n) is 4.64. The minimum atomic E-state index is -0.532. The Labute approximate surface area is 207 Å². The van der Waals surface area contributed by atoms with Crippen molar-refractivity contribution in [2.75, 3.05) is 11.2 Å². The molecule has 0 spiro atoms. The lowest BCUT2D eigenvalue weighted by Crippen LogP contribution is -2.23. The summed E-state index contributed by atoms with van der Waals surface area (Å²) in [6.07, 6.45) is 0.188. The molecule has 1 atom stereocenters. The number of nitrogens with one attached hydrogen (secondary N) is 1. The molecule has 0 saturated heterocycles. The Morgan fingerprint density at radius 3 is 2.79 bits per heavy atom. The molecule has 2 aromatic carbocycles. The first kappa shape index (κ1) is 23.5. The van der Waals surface area contributed by atoms with Gasteiger partial charge in [-0.1, -0.05) is 59.2 Å². The smallest absolute Gasteiger partial charge is 0.239 e. The molecule has 12 heteroatoms. The van der Waals surface area contributed by atoms with E-state index in [0.717, 1.165) is 17.3 Å². The minimum Gasteiger partial charge on any atom is -0.336 e. The van der Waals surface area contributed by atoms with E-state index in [9.17, 15) is 9.18 Å². The molecule has 33 heavy (non-hydrogen) atoms. The van der Waals surface area contributed by atoms with Crippen LogP contribution in [-0.4, -0.2) is 31.0 Å². The first-order valence-electron chi connectivity index (χ1n) is 9.63. The molecule has 1 unspecified atom stereocenters. The number of hydrogen-bond acceptors (Lipinski definition) is 7. The summed E-state index contributed by atoms with van der Waals surface area (Å²) in [6, 6.07) is 11.6. The van der Waals surface area contributed by atoms with E-state index in [1.165, 1.54) is 22.1 Å². The molecule has 0 bridgehead atoms. The number of nitrogens with two attached hydrogens (primary N) is 1. The highest BCUT2D eigenvalue weighted by Crippen LogP contribution is 2.31. The van der Waals surface area contributed by atoms with Crippen molar-refractivity contribution in [3.05, 3.63) is 75.1 Å². The quantitative estimate of drug-likeness (QED) is 0.253. The van der Waals surface area contributed by atoms with E-state index in [2.05, 4.69) is 20.5 Å². The van der Waals surface area contributed by atoms with E-state index < -0.39 is 5.25 Å². The van der Waals surface area contributed by atoms with Gasteiger partial charge >= 0.3 is 0 Å². The lowest BCUT2D eigenvalue weighted by Gasteiger charge is -2.10. The van der Waals surface area contributed by atoms with Crippen LogP contribution in [-0.2, 0) is 11.2 Å². The van der Waals surface area contributed by atoms with Crippen LogP contribution in [0.4, 0.5) is 9.52 Å². The molecule has 2 aromatic heterocycles. The average molecular weight is 523 g/mol. The normalized spacial score (nSPS) is 12.0. The summed E-state index contributed by atoms with van der Waals surface area (Å²) in [4.78, 5) is 17.1. The lowest BCUT2D eigenvalue weighted by atomic mass is 10.1. The number of nitrogen functional groups attached to an aromatic ring is 1. The zero-order valence-corrected chi connectivity index (χ0v) is 20.3. The molecule has 7 nitrogen and oxygen atoms in total. The number of halogens is 3. The number of rotatable bonds is 7. The van der Waals surface area contributed by atoms with Crippen LogP contribution in [0.15, 0.2) is 53.0 Å². The number of aromatic nitrogens is 4. The fourth-order valence-corrected chi connectivity index (χ4v) is 4.67. The van der Waals surface area contributed by atoms with E-state index in [1.54, 1.807) is 43.3 Å². The van der Waals surface area contributed by atoms with E-state index in [4.69, 9.17) is 29.0 Å². The number of amides is 1. The van der Waals surface area contributed by atoms with Crippen molar-refractivity contribution < 1.29 is 9.18 Å². The van der Waals surface area contributed by atoms with E-state index in [1.807, 2.05) is 5.38 Å². The summed E-state index contributed by atoms with van der Waals surface area (Å²) in [6.45, 7) is 1.72. The minimum absolute atomic E-state index is 0.188. The molecule has 4 aromatic rings. The Hall–Kier alpha value is -2.66. The Kier molecular flexibility index (Phi) is 7.18. The molecule has 1 amide bonds. The van der Waals surface area contributed by atoms with Crippen molar-refractivity contribution in [1.82, 2.24) is 19.9 Å². The summed E-state index contributed by atoms with van der Waals surface area (Å²) in [5.74, 6) is 5.86. The summed E-state index contributed by atoms with van der Waals surface area (Å²) < 4.78 is 15.2. The second-order valence-electron chi connectivity index (χ2n) is 6.95. The Balaban J connectivity index is 1.39. The largest absolute Gasteiger partial charge is 0.336 e. The number of carbonyl (C=O) groups excluding carboxylic acids is 1. The molecule has 2 heterocycles. The molecule has 0 saturated carbocycles. The molecule has 0 aliphatic heterocycles. The molecular formula is C21H17Cl2FN6OS2.